The maximum atomic E-state index is 12.9. The highest BCUT2D eigenvalue weighted by Crippen LogP contribution is 2.24. The van der Waals surface area contributed by atoms with Gasteiger partial charge in [0.2, 0.25) is 5.91 Å². The fourth-order valence-electron chi connectivity index (χ4n) is 1.96. The van der Waals surface area contributed by atoms with Gasteiger partial charge in [0.05, 0.1) is 23.3 Å². The van der Waals surface area contributed by atoms with Crippen LogP contribution in [0.5, 0.6) is 0 Å². The van der Waals surface area contributed by atoms with E-state index in [2.05, 4.69) is 15.6 Å². The number of carbonyl (C=O) groups is 1. The number of rotatable bonds is 5. The molecule has 2 rings (SSSR count). The summed E-state index contributed by atoms with van der Waals surface area (Å²) in [5.41, 5.74) is 0.937. The van der Waals surface area contributed by atoms with Crippen molar-refractivity contribution in [3.63, 3.8) is 0 Å². The molecule has 0 aliphatic carbocycles. The van der Waals surface area contributed by atoms with Gasteiger partial charge in [0.25, 0.3) is 5.92 Å². The van der Waals surface area contributed by atoms with Crippen LogP contribution in [-0.2, 0) is 17.6 Å². The number of hydrogen-bond acceptors (Lipinski definition) is 4. The first-order chi connectivity index (χ1) is 9.00. The zero-order valence-electron chi connectivity index (χ0n) is 10.7. The summed E-state index contributed by atoms with van der Waals surface area (Å²) in [5, 5.41) is 8.23. The Morgan fingerprint density at radius 2 is 2.47 bits per heavy atom. The van der Waals surface area contributed by atoms with Crippen molar-refractivity contribution in [2.75, 3.05) is 13.1 Å². The second kappa shape index (κ2) is 5.92. The highest BCUT2D eigenvalue weighted by atomic mass is 32.1. The van der Waals surface area contributed by atoms with E-state index in [9.17, 15) is 13.6 Å². The molecule has 1 atom stereocenters. The lowest BCUT2D eigenvalue weighted by Gasteiger charge is -2.10. The number of aryl methyl sites for hydroxylation is 1. The number of nitrogens with one attached hydrogen (secondary N) is 2. The predicted octanol–water partition coefficient (Wildman–Crippen LogP) is 1.36. The van der Waals surface area contributed by atoms with Crippen molar-refractivity contribution >= 4 is 17.2 Å². The summed E-state index contributed by atoms with van der Waals surface area (Å²) in [6.45, 7) is 2.04. The molecule has 1 amide bonds. The normalized spacial score (nSPS) is 21.5. The summed E-state index contributed by atoms with van der Waals surface area (Å²) >= 11 is 1.60. The Morgan fingerprint density at radius 1 is 1.68 bits per heavy atom. The first-order valence-electron chi connectivity index (χ1n) is 6.32. The molecule has 1 aliphatic rings. The van der Waals surface area contributed by atoms with Crippen molar-refractivity contribution in [1.82, 2.24) is 15.6 Å². The third-order valence-electron chi connectivity index (χ3n) is 3.01. The van der Waals surface area contributed by atoms with E-state index in [0.29, 0.717) is 13.0 Å². The SMILES string of the molecule is CCc1nc(CCNC(=O)C2CC(F)(F)CN2)cs1. The van der Waals surface area contributed by atoms with Crippen LogP contribution in [0, 0.1) is 0 Å². The number of carbonyl (C=O) groups excluding carboxylic acids is 1. The molecule has 2 heterocycles. The van der Waals surface area contributed by atoms with Crippen LogP contribution in [-0.4, -0.2) is 35.9 Å². The van der Waals surface area contributed by atoms with E-state index in [1.165, 1.54) is 0 Å². The summed E-state index contributed by atoms with van der Waals surface area (Å²) in [6, 6.07) is -0.781. The molecular formula is C12H17F2N3OS. The quantitative estimate of drug-likeness (QED) is 0.860. The van der Waals surface area contributed by atoms with Gasteiger partial charge in [0.15, 0.2) is 0 Å². The van der Waals surface area contributed by atoms with Gasteiger partial charge in [-0.15, -0.1) is 11.3 Å². The molecule has 1 unspecified atom stereocenters. The van der Waals surface area contributed by atoms with Crippen molar-refractivity contribution in [3.8, 4) is 0 Å². The minimum Gasteiger partial charge on any atom is -0.354 e. The van der Waals surface area contributed by atoms with Crippen LogP contribution >= 0.6 is 11.3 Å². The summed E-state index contributed by atoms with van der Waals surface area (Å²) in [6.07, 6.45) is 1.11. The molecule has 0 radical (unpaired) electrons. The average molecular weight is 289 g/mol. The highest BCUT2D eigenvalue weighted by molar-refractivity contribution is 7.09. The third kappa shape index (κ3) is 3.94. The number of aromatic nitrogens is 1. The second-order valence-electron chi connectivity index (χ2n) is 4.62. The molecule has 0 saturated carbocycles. The monoisotopic (exact) mass is 289 g/mol. The number of alkyl halides is 2. The Kier molecular flexibility index (Phi) is 4.46. The van der Waals surface area contributed by atoms with E-state index < -0.39 is 24.9 Å². The van der Waals surface area contributed by atoms with E-state index in [1.54, 1.807) is 11.3 Å². The molecule has 1 aromatic heterocycles. The van der Waals surface area contributed by atoms with E-state index in [0.717, 1.165) is 17.1 Å². The number of thiazole rings is 1. The predicted molar refractivity (Wildman–Crippen MR) is 69.6 cm³/mol. The van der Waals surface area contributed by atoms with Gasteiger partial charge >= 0.3 is 0 Å². The molecule has 1 saturated heterocycles. The zero-order valence-corrected chi connectivity index (χ0v) is 11.5. The maximum Gasteiger partial charge on any atom is 0.262 e. The lowest BCUT2D eigenvalue weighted by atomic mass is 10.2. The Hall–Kier alpha value is -1.08. The first kappa shape index (κ1) is 14.3. The minimum absolute atomic E-state index is 0.358. The van der Waals surface area contributed by atoms with E-state index >= 15 is 0 Å². The fourth-order valence-corrected chi connectivity index (χ4v) is 2.74. The number of nitrogens with zero attached hydrogens (tertiary/aromatic N) is 1. The van der Waals surface area contributed by atoms with Crippen LogP contribution in [0.3, 0.4) is 0 Å². The largest absolute Gasteiger partial charge is 0.354 e. The Balaban J connectivity index is 1.72. The van der Waals surface area contributed by atoms with Crippen molar-refractivity contribution < 1.29 is 13.6 Å². The molecule has 0 spiro atoms. The van der Waals surface area contributed by atoms with Gasteiger partial charge in [-0.2, -0.15) is 0 Å². The van der Waals surface area contributed by atoms with Crippen molar-refractivity contribution in [2.24, 2.45) is 0 Å². The van der Waals surface area contributed by atoms with Gasteiger partial charge in [0.1, 0.15) is 0 Å². The van der Waals surface area contributed by atoms with E-state index in [1.807, 2.05) is 12.3 Å². The third-order valence-corrected chi connectivity index (χ3v) is 4.05. The van der Waals surface area contributed by atoms with E-state index in [-0.39, 0.29) is 5.91 Å². The van der Waals surface area contributed by atoms with Crippen molar-refractivity contribution in [3.05, 3.63) is 16.1 Å². The van der Waals surface area contributed by atoms with E-state index in [4.69, 9.17) is 0 Å². The molecule has 1 fully saturated rings. The van der Waals surface area contributed by atoms with Gasteiger partial charge in [-0.05, 0) is 6.42 Å². The van der Waals surface area contributed by atoms with Crippen LogP contribution in [0.2, 0.25) is 0 Å². The first-order valence-corrected chi connectivity index (χ1v) is 7.20. The average Bonchev–Trinajstić information content (AvgIpc) is 2.95. The summed E-state index contributed by atoms with van der Waals surface area (Å²) in [7, 11) is 0. The Labute approximate surface area is 114 Å². The molecule has 1 aliphatic heterocycles. The van der Waals surface area contributed by atoms with Crippen LogP contribution in [0.25, 0.3) is 0 Å². The van der Waals surface area contributed by atoms with Crippen LogP contribution in [0.4, 0.5) is 8.78 Å². The molecule has 106 valence electrons. The van der Waals surface area contributed by atoms with Crippen LogP contribution in [0.1, 0.15) is 24.0 Å². The molecule has 1 aromatic rings. The number of hydrogen-bond donors (Lipinski definition) is 2. The number of amides is 1. The topological polar surface area (TPSA) is 54.0 Å². The molecule has 0 bridgehead atoms. The highest BCUT2D eigenvalue weighted by Gasteiger charge is 2.42. The Morgan fingerprint density at radius 3 is 3.05 bits per heavy atom. The minimum atomic E-state index is -2.77. The smallest absolute Gasteiger partial charge is 0.262 e. The van der Waals surface area contributed by atoms with Gasteiger partial charge in [-0.25, -0.2) is 13.8 Å². The van der Waals surface area contributed by atoms with Crippen LogP contribution in [0.15, 0.2) is 5.38 Å². The molecule has 2 N–H and O–H groups in total. The van der Waals surface area contributed by atoms with Gasteiger partial charge in [-0.3, -0.25) is 10.1 Å². The van der Waals surface area contributed by atoms with Crippen LogP contribution < -0.4 is 10.6 Å². The van der Waals surface area contributed by atoms with Crippen molar-refractivity contribution in [1.29, 1.82) is 0 Å². The lowest BCUT2D eigenvalue weighted by molar-refractivity contribution is -0.123. The molecule has 4 nitrogen and oxygen atoms in total. The lowest BCUT2D eigenvalue weighted by Crippen LogP contribution is -2.41. The molecular weight excluding hydrogens is 272 g/mol. The van der Waals surface area contributed by atoms with Crippen molar-refractivity contribution in [2.45, 2.75) is 38.2 Å². The second-order valence-corrected chi connectivity index (χ2v) is 5.56. The standard InChI is InChI=1S/C12H17F2N3OS/c1-2-10-17-8(6-19-10)3-4-15-11(18)9-5-12(13,14)7-16-9/h6,9,16H,2-5,7H2,1H3,(H,15,18). The van der Waals surface area contributed by atoms with Gasteiger partial charge in [0, 0.05) is 24.8 Å². The maximum absolute atomic E-state index is 12.9. The zero-order chi connectivity index (χ0) is 13.9. The molecule has 7 heteroatoms. The molecule has 0 aromatic carbocycles. The molecule has 19 heavy (non-hydrogen) atoms. The number of halogens is 2. The van der Waals surface area contributed by atoms with Gasteiger partial charge < -0.3 is 5.32 Å². The summed E-state index contributed by atoms with van der Waals surface area (Å²) in [5.74, 6) is -3.13. The van der Waals surface area contributed by atoms with Gasteiger partial charge in [-0.1, -0.05) is 6.92 Å². The summed E-state index contributed by atoms with van der Waals surface area (Å²) in [4.78, 5) is 16.0. The summed E-state index contributed by atoms with van der Waals surface area (Å²) < 4.78 is 25.9. The Bertz CT molecular complexity index is 450. The fraction of sp³-hybridized carbons (Fsp3) is 0.667.